The summed E-state index contributed by atoms with van der Waals surface area (Å²) in [5.41, 5.74) is 0. The van der Waals surface area contributed by atoms with Gasteiger partial charge in [-0.2, -0.15) is 0 Å². The Morgan fingerprint density at radius 3 is 1.86 bits per heavy atom. The largest absolute Gasteiger partial charge is 0.658 e. The summed E-state index contributed by atoms with van der Waals surface area (Å²) in [6, 6.07) is 12.1. The number of fused-ring (bicyclic) bond motifs is 2. The fraction of sp³-hybridized carbons (Fsp3) is 0.583. The smallest absolute Gasteiger partial charge is 0.524 e. The summed E-state index contributed by atoms with van der Waals surface area (Å²) in [6.07, 6.45) is 10.9. The van der Waals surface area contributed by atoms with Crippen molar-refractivity contribution in [3.63, 3.8) is 0 Å². The molecule has 3 rings (SSSR count). The maximum absolute atomic E-state index is 5.52. The van der Waals surface area contributed by atoms with Crippen LogP contribution in [-0.2, 0) is 4.65 Å². The molecule has 0 saturated heterocycles. The van der Waals surface area contributed by atoms with E-state index in [-0.39, 0.29) is 5.31 Å². The Labute approximate surface area is 179 Å². The summed E-state index contributed by atoms with van der Waals surface area (Å²) in [6.45, 7) is 9.66. The topological polar surface area (TPSA) is 27.7 Å². The van der Waals surface area contributed by atoms with Gasteiger partial charge in [0, 0.05) is 6.61 Å². The van der Waals surface area contributed by atoms with E-state index in [0.29, 0.717) is 0 Å². The molecule has 2 aromatic rings. The van der Waals surface area contributed by atoms with Gasteiger partial charge in [-0.3, -0.25) is 0 Å². The van der Waals surface area contributed by atoms with Gasteiger partial charge < -0.3 is 14.0 Å². The van der Waals surface area contributed by atoms with Gasteiger partial charge in [-0.1, -0.05) is 96.9 Å². The van der Waals surface area contributed by atoms with E-state index in [1.165, 1.54) is 69.8 Å². The van der Waals surface area contributed by atoms with Gasteiger partial charge >= 0.3 is 7.69 Å². The summed E-state index contributed by atoms with van der Waals surface area (Å²) >= 11 is 0. The molecule has 0 aliphatic carbocycles. The minimum Gasteiger partial charge on any atom is -0.524 e. The van der Waals surface area contributed by atoms with Crippen molar-refractivity contribution in [3.05, 3.63) is 36.4 Å². The van der Waals surface area contributed by atoms with Gasteiger partial charge in [0.1, 0.15) is 11.5 Å². The lowest BCUT2D eigenvalue weighted by atomic mass is 9.68. The molecule has 0 spiro atoms. The molecule has 29 heavy (non-hydrogen) atoms. The maximum Gasteiger partial charge on any atom is 0.658 e. The molecule has 1 heterocycles. The van der Waals surface area contributed by atoms with Gasteiger partial charge in [-0.25, -0.2) is 0 Å². The molecule has 5 heteroatoms. The van der Waals surface area contributed by atoms with E-state index in [9.17, 15) is 0 Å². The van der Waals surface area contributed by atoms with E-state index in [0.717, 1.165) is 18.1 Å². The van der Waals surface area contributed by atoms with Crippen molar-refractivity contribution >= 4 is 25.9 Å². The molecule has 0 saturated carbocycles. The Morgan fingerprint density at radius 1 is 0.828 bits per heavy atom. The molecule has 0 amide bonds. The number of rotatable bonds is 10. The monoisotopic (exact) mass is 394 g/mol. The quantitative estimate of drug-likeness (QED) is 0.317. The predicted molar refractivity (Wildman–Crippen MR) is 125 cm³/mol. The first-order valence-electron chi connectivity index (χ1n) is 11.1. The number of benzene rings is 2. The van der Waals surface area contributed by atoms with Crippen LogP contribution in [0.4, 0.5) is 0 Å². The lowest BCUT2D eigenvalue weighted by molar-refractivity contribution is 0.307. The summed E-state index contributed by atoms with van der Waals surface area (Å²) in [5.74, 6) is 1.58. The molecule has 0 aromatic heterocycles. The van der Waals surface area contributed by atoms with Crippen molar-refractivity contribution in [1.82, 2.24) is 0 Å². The Hall–Kier alpha value is -1.61. The molecule has 3 nitrogen and oxygen atoms in total. The Kier molecular flexibility index (Phi) is 10.5. The van der Waals surface area contributed by atoms with Gasteiger partial charge in [0.25, 0.3) is 7.48 Å². The SMILES string of the molecule is CCCCCCCCCCO[B]C(C)(C)C.[B]1Oc2cc3ccccc3cc2O1. The lowest BCUT2D eigenvalue weighted by Crippen LogP contribution is -2.13. The zero-order valence-electron chi connectivity index (χ0n) is 18.7. The second-order valence-electron chi connectivity index (χ2n) is 8.81. The van der Waals surface area contributed by atoms with Crippen molar-refractivity contribution in [3.8, 4) is 11.5 Å². The van der Waals surface area contributed by atoms with Crippen molar-refractivity contribution in [2.75, 3.05) is 6.61 Å². The minimum atomic E-state index is 0.195. The van der Waals surface area contributed by atoms with Crippen LogP contribution in [0.15, 0.2) is 36.4 Å². The zero-order valence-corrected chi connectivity index (χ0v) is 18.7. The van der Waals surface area contributed by atoms with E-state index in [1.54, 1.807) is 0 Å². The summed E-state index contributed by atoms with van der Waals surface area (Å²) < 4.78 is 15.8. The molecule has 2 aromatic carbocycles. The number of hydrogen-bond donors (Lipinski definition) is 0. The normalized spacial score (nSPS) is 12.3. The summed E-state index contributed by atoms with van der Waals surface area (Å²) in [5, 5.41) is 2.53. The van der Waals surface area contributed by atoms with Crippen LogP contribution >= 0.6 is 0 Å². The van der Waals surface area contributed by atoms with Crippen molar-refractivity contribution in [1.29, 1.82) is 0 Å². The highest BCUT2D eigenvalue weighted by molar-refractivity contribution is 6.31. The Morgan fingerprint density at radius 2 is 1.34 bits per heavy atom. The fourth-order valence-corrected chi connectivity index (χ4v) is 3.14. The fourth-order valence-electron chi connectivity index (χ4n) is 3.14. The van der Waals surface area contributed by atoms with E-state index < -0.39 is 0 Å². The van der Waals surface area contributed by atoms with Crippen LogP contribution < -0.4 is 9.31 Å². The highest BCUT2D eigenvalue weighted by Gasteiger charge is 2.16. The van der Waals surface area contributed by atoms with Crippen LogP contribution in [0, 0.1) is 0 Å². The highest BCUT2D eigenvalue weighted by Crippen LogP contribution is 2.35. The van der Waals surface area contributed by atoms with Gasteiger partial charge in [-0.05, 0) is 34.6 Å². The summed E-state index contributed by atoms with van der Waals surface area (Å²) in [7, 11) is 3.32. The molecule has 0 fully saturated rings. The Balaban J connectivity index is 0.000000209. The van der Waals surface area contributed by atoms with Gasteiger partial charge in [-0.15, -0.1) is 0 Å². The van der Waals surface area contributed by atoms with Crippen molar-refractivity contribution < 1.29 is 14.0 Å². The molecule has 0 N–H and O–H groups in total. The number of hydrogen-bond acceptors (Lipinski definition) is 3. The van der Waals surface area contributed by atoms with Crippen LogP contribution in [0.1, 0.15) is 79.1 Å². The van der Waals surface area contributed by atoms with Gasteiger partial charge in [0.15, 0.2) is 0 Å². The van der Waals surface area contributed by atoms with E-state index >= 15 is 0 Å². The first-order chi connectivity index (χ1) is 14.0. The van der Waals surface area contributed by atoms with Crippen LogP contribution in [-0.4, -0.2) is 21.8 Å². The molecule has 1 aliphatic heterocycles. The maximum atomic E-state index is 5.52. The van der Waals surface area contributed by atoms with Crippen molar-refractivity contribution in [2.24, 2.45) is 0 Å². The second-order valence-corrected chi connectivity index (χ2v) is 8.81. The molecule has 2 radical (unpaired) electrons. The Bertz CT molecular complexity index is 670. The van der Waals surface area contributed by atoms with E-state index in [2.05, 4.69) is 39.8 Å². The van der Waals surface area contributed by atoms with Crippen LogP contribution in [0.2, 0.25) is 5.31 Å². The molecular formula is C24H36B2O3. The number of unbranched alkanes of at least 4 members (excludes halogenated alkanes) is 7. The van der Waals surface area contributed by atoms with Crippen LogP contribution in [0.5, 0.6) is 11.5 Å². The highest BCUT2D eigenvalue weighted by atomic mass is 16.6. The molecular weight excluding hydrogens is 358 g/mol. The first-order valence-corrected chi connectivity index (χ1v) is 11.1. The molecule has 1 aliphatic rings. The standard InChI is InChI=1S/C14H30BO.C10H6BO2/c1-5-6-7-8-9-10-11-12-13-16-15-14(2,3)4;1-2-4-8-6-10-9(12-11-13-10)5-7(8)3-1/h5-13H2,1-4H3;1-6H. The zero-order chi connectivity index (χ0) is 21.0. The lowest BCUT2D eigenvalue weighted by Gasteiger charge is -2.15. The van der Waals surface area contributed by atoms with Gasteiger partial charge in [0.05, 0.1) is 0 Å². The molecule has 0 unspecified atom stereocenters. The first kappa shape index (κ1) is 23.7. The molecule has 156 valence electrons. The molecule has 0 atom stereocenters. The van der Waals surface area contributed by atoms with E-state index in [1.807, 2.05) is 31.7 Å². The third kappa shape index (κ3) is 9.62. The third-order valence-corrected chi connectivity index (χ3v) is 4.71. The van der Waals surface area contributed by atoms with Crippen molar-refractivity contribution in [2.45, 2.75) is 84.4 Å². The van der Waals surface area contributed by atoms with Gasteiger partial charge in [0.2, 0.25) is 0 Å². The molecule has 0 bridgehead atoms. The average molecular weight is 394 g/mol. The predicted octanol–water partition coefficient (Wildman–Crippen LogP) is 7.13. The van der Waals surface area contributed by atoms with Crippen LogP contribution in [0.25, 0.3) is 10.8 Å². The summed E-state index contributed by atoms with van der Waals surface area (Å²) in [4.78, 5) is 0. The third-order valence-electron chi connectivity index (χ3n) is 4.71. The second kappa shape index (κ2) is 12.8. The van der Waals surface area contributed by atoms with Crippen LogP contribution in [0.3, 0.4) is 0 Å². The van der Waals surface area contributed by atoms with E-state index in [4.69, 9.17) is 14.0 Å². The minimum absolute atomic E-state index is 0.195. The average Bonchev–Trinajstić information content (AvgIpc) is 3.14.